The van der Waals surface area contributed by atoms with Crippen molar-refractivity contribution in [2.75, 3.05) is 18.1 Å². The molecule has 1 amide bonds. The van der Waals surface area contributed by atoms with Crippen LogP contribution in [0.2, 0.25) is 0 Å². The SMILES string of the molecule is CCOC(=O)C(NC(=O)OC(C)(C)C)C1c2ccccc2CCN1c1ccccc1. The van der Waals surface area contributed by atoms with Gasteiger partial charge in [0.1, 0.15) is 5.60 Å². The Bertz CT molecular complexity index is 876. The summed E-state index contributed by atoms with van der Waals surface area (Å²) in [5, 5.41) is 2.79. The number of alkyl carbamates (subject to hydrolysis) is 1. The average Bonchev–Trinajstić information content (AvgIpc) is 2.71. The number of rotatable bonds is 5. The van der Waals surface area contributed by atoms with Crippen LogP contribution in [0, 0.1) is 0 Å². The number of amides is 1. The fourth-order valence-electron chi connectivity index (χ4n) is 3.80. The minimum atomic E-state index is -0.915. The van der Waals surface area contributed by atoms with Crippen molar-refractivity contribution < 1.29 is 19.1 Å². The van der Waals surface area contributed by atoms with Crippen molar-refractivity contribution in [3.05, 3.63) is 65.7 Å². The Labute approximate surface area is 178 Å². The van der Waals surface area contributed by atoms with E-state index in [1.165, 1.54) is 0 Å². The standard InChI is InChI=1S/C24H30N2O4/c1-5-29-22(27)20(25-23(28)30-24(2,3)4)21-19-14-10-9-11-17(19)15-16-26(21)18-12-7-6-8-13-18/h6-14,20-21H,5,15-16H2,1-4H3,(H,25,28). The van der Waals surface area contributed by atoms with E-state index >= 15 is 0 Å². The second-order valence-corrected chi connectivity index (χ2v) is 8.30. The van der Waals surface area contributed by atoms with Crippen LogP contribution >= 0.6 is 0 Å². The molecule has 2 atom stereocenters. The van der Waals surface area contributed by atoms with Gasteiger partial charge in [0.15, 0.2) is 6.04 Å². The van der Waals surface area contributed by atoms with Gasteiger partial charge in [0.25, 0.3) is 0 Å². The molecule has 30 heavy (non-hydrogen) atoms. The molecule has 1 aliphatic heterocycles. The van der Waals surface area contributed by atoms with Crippen LogP contribution in [-0.2, 0) is 20.7 Å². The number of esters is 1. The summed E-state index contributed by atoms with van der Waals surface area (Å²) in [7, 11) is 0. The van der Waals surface area contributed by atoms with Crippen LogP contribution in [0.25, 0.3) is 0 Å². The van der Waals surface area contributed by atoms with Gasteiger partial charge in [0.2, 0.25) is 0 Å². The van der Waals surface area contributed by atoms with Crippen molar-refractivity contribution in [2.24, 2.45) is 0 Å². The molecule has 6 heteroatoms. The van der Waals surface area contributed by atoms with Crippen molar-refractivity contribution in [1.29, 1.82) is 0 Å². The van der Waals surface area contributed by atoms with Crippen molar-refractivity contribution in [2.45, 2.75) is 51.8 Å². The van der Waals surface area contributed by atoms with Crippen molar-refractivity contribution in [1.82, 2.24) is 5.32 Å². The minimum absolute atomic E-state index is 0.227. The molecule has 3 rings (SSSR count). The van der Waals surface area contributed by atoms with Crippen LogP contribution in [0.5, 0.6) is 0 Å². The second-order valence-electron chi connectivity index (χ2n) is 8.30. The summed E-state index contributed by atoms with van der Waals surface area (Å²) < 4.78 is 10.8. The first-order valence-corrected chi connectivity index (χ1v) is 10.4. The summed E-state index contributed by atoms with van der Waals surface area (Å²) in [4.78, 5) is 27.8. The molecule has 160 valence electrons. The number of hydrogen-bond donors (Lipinski definition) is 1. The van der Waals surface area contributed by atoms with E-state index in [9.17, 15) is 9.59 Å². The third-order valence-electron chi connectivity index (χ3n) is 4.95. The first-order chi connectivity index (χ1) is 14.3. The predicted octanol–water partition coefficient (Wildman–Crippen LogP) is 4.25. The summed E-state index contributed by atoms with van der Waals surface area (Å²) in [5.41, 5.74) is 2.47. The van der Waals surface area contributed by atoms with Gasteiger partial charge in [-0.2, -0.15) is 0 Å². The Morgan fingerprint density at radius 1 is 1.10 bits per heavy atom. The summed E-state index contributed by atoms with van der Waals surface area (Å²) in [5.74, 6) is -0.481. The van der Waals surface area contributed by atoms with E-state index in [0.29, 0.717) is 0 Å². The normalized spacial score (nSPS) is 16.9. The fraction of sp³-hybridized carbons (Fsp3) is 0.417. The summed E-state index contributed by atoms with van der Waals surface area (Å²) in [6, 6.07) is 16.6. The van der Waals surface area contributed by atoms with E-state index in [0.717, 1.165) is 29.8 Å². The molecule has 0 radical (unpaired) electrons. The van der Waals surface area contributed by atoms with Crippen LogP contribution < -0.4 is 10.2 Å². The van der Waals surface area contributed by atoms with Gasteiger partial charge in [-0.1, -0.05) is 42.5 Å². The third-order valence-corrected chi connectivity index (χ3v) is 4.95. The minimum Gasteiger partial charge on any atom is -0.464 e. The molecule has 6 nitrogen and oxygen atoms in total. The molecule has 0 fully saturated rings. The molecule has 2 unspecified atom stereocenters. The van der Waals surface area contributed by atoms with Gasteiger partial charge >= 0.3 is 12.1 Å². The first kappa shape index (κ1) is 21.7. The summed E-state index contributed by atoms with van der Waals surface area (Å²) in [6.45, 7) is 8.07. The molecule has 0 saturated carbocycles. The molecule has 2 aromatic carbocycles. The van der Waals surface area contributed by atoms with E-state index in [1.54, 1.807) is 27.7 Å². The largest absolute Gasteiger partial charge is 0.464 e. The zero-order valence-electron chi connectivity index (χ0n) is 18.1. The molecule has 1 N–H and O–H groups in total. The molecule has 0 bridgehead atoms. The topological polar surface area (TPSA) is 67.9 Å². The van der Waals surface area contributed by atoms with Gasteiger partial charge in [-0.15, -0.1) is 0 Å². The maximum Gasteiger partial charge on any atom is 0.408 e. The zero-order valence-corrected chi connectivity index (χ0v) is 18.1. The number of carbonyl (C=O) groups is 2. The number of anilines is 1. The molecule has 0 spiro atoms. The van der Waals surface area contributed by atoms with E-state index in [1.807, 2.05) is 48.5 Å². The maximum atomic E-state index is 13.0. The molecule has 0 aliphatic carbocycles. The van der Waals surface area contributed by atoms with Gasteiger partial charge < -0.3 is 19.7 Å². The lowest BCUT2D eigenvalue weighted by atomic mass is 9.87. The third kappa shape index (κ3) is 5.12. The van der Waals surface area contributed by atoms with Crippen LogP contribution in [0.3, 0.4) is 0 Å². The number of ether oxygens (including phenoxy) is 2. The first-order valence-electron chi connectivity index (χ1n) is 10.4. The van der Waals surface area contributed by atoms with Crippen LogP contribution in [0.15, 0.2) is 54.6 Å². The van der Waals surface area contributed by atoms with E-state index in [4.69, 9.17) is 9.47 Å². The van der Waals surface area contributed by atoms with Crippen molar-refractivity contribution in [3.8, 4) is 0 Å². The van der Waals surface area contributed by atoms with Gasteiger partial charge in [-0.05, 0) is 57.4 Å². The quantitative estimate of drug-likeness (QED) is 0.747. The number of nitrogens with one attached hydrogen (secondary N) is 1. The van der Waals surface area contributed by atoms with Crippen LogP contribution in [0.4, 0.5) is 10.5 Å². The summed E-state index contributed by atoms with van der Waals surface area (Å²) >= 11 is 0. The highest BCUT2D eigenvalue weighted by Crippen LogP contribution is 2.36. The highest BCUT2D eigenvalue weighted by molar-refractivity contribution is 5.83. The van der Waals surface area contributed by atoms with Gasteiger partial charge in [-0.25, -0.2) is 9.59 Å². The van der Waals surface area contributed by atoms with Crippen molar-refractivity contribution in [3.63, 3.8) is 0 Å². The number of fused-ring (bicyclic) bond motifs is 1. The van der Waals surface area contributed by atoms with E-state index in [-0.39, 0.29) is 6.61 Å². The Morgan fingerprint density at radius 3 is 2.43 bits per heavy atom. The highest BCUT2D eigenvalue weighted by atomic mass is 16.6. The van der Waals surface area contributed by atoms with Crippen LogP contribution in [0.1, 0.15) is 44.9 Å². The second kappa shape index (κ2) is 9.20. The molecule has 2 aromatic rings. The predicted molar refractivity (Wildman–Crippen MR) is 116 cm³/mol. The highest BCUT2D eigenvalue weighted by Gasteiger charge is 2.40. The molecule has 1 heterocycles. The van der Waals surface area contributed by atoms with E-state index < -0.39 is 29.7 Å². The monoisotopic (exact) mass is 410 g/mol. The number of para-hydroxylation sites is 1. The van der Waals surface area contributed by atoms with E-state index in [2.05, 4.69) is 16.3 Å². The number of benzene rings is 2. The Hall–Kier alpha value is -3.02. The van der Waals surface area contributed by atoms with Gasteiger partial charge in [-0.3, -0.25) is 0 Å². The average molecular weight is 411 g/mol. The zero-order chi connectivity index (χ0) is 21.7. The Kier molecular flexibility index (Phi) is 6.65. The fourth-order valence-corrected chi connectivity index (χ4v) is 3.80. The lowest BCUT2D eigenvalue weighted by molar-refractivity contribution is -0.146. The molecular weight excluding hydrogens is 380 g/mol. The maximum absolute atomic E-state index is 13.0. The Morgan fingerprint density at radius 2 is 1.77 bits per heavy atom. The molecule has 0 saturated heterocycles. The molecule has 0 aromatic heterocycles. The lowest BCUT2D eigenvalue weighted by Crippen LogP contribution is -2.54. The molecule has 1 aliphatic rings. The van der Waals surface area contributed by atoms with Crippen molar-refractivity contribution >= 4 is 17.7 Å². The number of hydrogen-bond acceptors (Lipinski definition) is 5. The smallest absolute Gasteiger partial charge is 0.408 e. The van der Waals surface area contributed by atoms with Crippen LogP contribution in [-0.4, -0.2) is 36.9 Å². The summed E-state index contributed by atoms with van der Waals surface area (Å²) in [6.07, 6.45) is 0.209. The number of nitrogens with zero attached hydrogens (tertiary/aromatic N) is 1. The van der Waals surface area contributed by atoms with Gasteiger partial charge in [0.05, 0.1) is 12.6 Å². The lowest BCUT2D eigenvalue weighted by Gasteiger charge is -2.42. The number of carbonyl (C=O) groups excluding carboxylic acids is 2. The van der Waals surface area contributed by atoms with Gasteiger partial charge in [0, 0.05) is 12.2 Å². The molecular formula is C24H30N2O4. The Balaban J connectivity index is 2.03.